The van der Waals surface area contributed by atoms with Crippen molar-refractivity contribution in [3.8, 4) is 0 Å². The number of anilines is 1. The number of fused-ring (bicyclic) bond motifs is 1. The van der Waals surface area contributed by atoms with Gasteiger partial charge < -0.3 is 15.6 Å². The van der Waals surface area contributed by atoms with Gasteiger partial charge in [-0.25, -0.2) is 9.97 Å². The van der Waals surface area contributed by atoms with Crippen molar-refractivity contribution in [2.45, 2.75) is 19.9 Å². The number of nitrogens with one attached hydrogen (secondary N) is 3. The van der Waals surface area contributed by atoms with E-state index in [1.54, 1.807) is 6.33 Å². The quantitative estimate of drug-likeness (QED) is 0.664. The van der Waals surface area contributed by atoms with E-state index < -0.39 is 0 Å². The van der Waals surface area contributed by atoms with Crippen molar-refractivity contribution in [1.29, 1.82) is 0 Å². The first-order valence-electron chi connectivity index (χ1n) is 5.52. The van der Waals surface area contributed by atoms with E-state index in [0.717, 1.165) is 29.9 Å². The zero-order valence-electron chi connectivity index (χ0n) is 9.62. The third-order valence-corrected chi connectivity index (χ3v) is 2.32. The van der Waals surface area contributed by atoms with Crippen molar-refractivity contribution < 1.29 is 0 Å². The average molecular weight is 219 g/mol. The molecule has 0 spiro atoms. The summed E-state index contributed by atoms with van der Waals surface area (Å²) >= 11 is 0. The molecule has 0 atom stereocenters. The minimum atomic E-state index is 0.513. The maximum absolute atomic E-state index is 4.23. The van der Waals surface area contributed by atoms with Crippen LogP contribution in [0.15, 0.2) is 18.6 Å². The molecular formula is C11H17N5. The molecule has 3 N–H and O–H groups in total. The van der Waals surface area contributed by atoms with Gasteiger partial charge in [0.25, 0.3) is 0 Å². The molecule has 0 aliphatic heterocycles. The van der Waals surface area contributed by atoms with Crippen LogP contribution in [0.2, 0.25) is 0 Å². The lowest BCUT2D eigenvalue weighted by Crippen LogP contribution is -2.28. The molecule has 0 amide bonds. The monoisotopic (exact) mass is 219 g/mol. The summed E-state index contributed by atoms with van der Waals surface area (Å²) in [5, 5.41) is 7.67. The van der Waals surface area contributed by atoms with Crippen molar-refractivity contribution in [2.75, 3.05) is 18.4 Å². The van der Waals surface area contributed by atoms with E-state index in [2.05, 4.69) is 39.4 Å². The SMILES string of the molecule is CC(C)NCCNc1ncnc2[nH]ccc12. The Balaban J connectivity index is 1.96. The molecule has 86 valence electrons. The largest absolute Gasteiger partial charge is 0.368 e. The van der Waals surface area contributed by atoms with Crippen molar-refractivity contribution in [3.05, 3.63) is 18.6 Å². The lowest BCUT2D eigenvalue weighted by atomic mass is 10.3. The molecule has 0 aliphatic carbocycles. The normalized spacial score (nSPS) is 11.2. The standard InChI is InChI=1S/C11H17N5/c1-8(2)12-5-6-14-11-9-3-4-13-10(9)15-7-16-11/h3-4,7-8,12H,5-6H2,1-2H3,(H2,13,14,15,16). The molecule has 0 bridgehead atoms. The summed E-state index contributed by atoms with van der Waals surface area (Å²) < 4.78 is 0. The highest BCUT2D eigenvalue weighted by Gasteiger charge is 2.02. The molecule has 0 unspecified atom stereocenters. The summed E-state index contributed by atoms with van der Waals surface area (Å²) in [4.78, 5) is 11.4. The van der Waals surface area contributed by atoms with Gasteiger partial charge in [0.2, 0.25) is 0 Å². The van der Waals surface area contributed by atoms with E-state index in [1.807, 2.05) is 12.3 Å². The van der Waals surface area contributed by atoms with Crippen LogP contribution >= 0.6 is 0 Å². The van der Waals surface area contributed by atoms with Gasteiger partial charge in [-0.3, -0.25) is 0 Å². The minimum absolute atomic E-state index is 0.513. The lowest BCUT2D eigenvalue weighted by Gasteiger charge is -2.09. The van der Waals surface area contributed by atoms with Gasteiger partial charge >= 0.3 is 0 Å². The van der Waals surface area contributed by atoms with Gasteiger partial charge in [-0.15, -0.1) is 0 Å². The number of rotatable bonds is 5. The fourth-order valence-electron chi connectivity index (χ4n) is 1.56. The molecule has 0 radical (unpaired) electrons. The van der Waals surface area contributed by atoms with Crippen LogP contribution in [0.25, 0.3) is 11.0 Å². The van der Waals surface area contributed by atoms with Gasteiger partial charge in [0.15, 0.2) is 0 Å². The predicted molar refractivity (Wildman–Crippen MR) is 65.5 cm³/mol. The third kappa shape index (κ3) is 2.49. The molecule has 0 saturated heterocycles. The Kier molecular flexibility index (Phi) is 3.36. The Morgan fingerprint density at radius 1 is 1.31 bits per heavy atom. The Hall–Kier alpha value is -1.62. The van der Waals surface area contributed by atoms with E-state index in [0.29, 0.717) is 6.04 Å². The van der Waals surface area contributed by atoms with Gasteiger partial charge in [-0.05, 0) is 6.07 Å². The zero-order valence-corrected chi connectivity index (χ0v) is 9.62. The van der Waals surface area contributed by atoms with Gasteiger partial charge in [0.05, 0.1) is 5.39 Å². The number of H-pyrrole nitrogens is 1. The van der Waals surface area contributed by atoms with Crippen LogP contribution in [-0.4, -0.2) is 34.1 Å². The molecule has 0 fully saturated rings. The Morgan fingerprint density at radius 3 is 3.00 bits per heavy atom. The molecule has 0 aliphatic rings. The highest BCUT2D eigenvalue weighted by Crippen LogP contribution is 2.16. The summed E-state index contributed by atoms with van der Waals surface area (Å²) in [6, 6.07) is 2.49. The number of aromatic nitrogens is 3. The van der Waals surface area contributed by atoms with Gasteiger partial charge in [0.1, 0.15) is 17.8 Å². The van der Waals surface area contributed by atoms with Crippen LogP contribution < -0.4 is 10.6 Å². The fourth-order valence-corrected chi connectivity index (χ4v) is 1.56. The molecule has 5 nitrogen and oxygen atoms in total. The van der Waals surface area contributed by atoms with Gasteiger partial charge in [-0.2, -0.15) is 0 Å². The first-order valence-corrected chi connectivity index (χ1v) is 5.52. The second-order valence-corrected chi connectivity index (χ2v) is 4.00. The van der Waals surface area contributed by atoms with E-state index in [4.69, 9.17) is 0 Å². The maximum atomic E-state index is 4.23. The van der Waals surface area contributed by atoms with Crippen LogP contribution in [0.5, 0.6) is 0 Å². The summed E-state index contributed by atoms with van der Waals surface area (Å²) in [5.74, 6) is 0.886. The number of nitrogens with zero attached hydrogens (tertiary/aromatic N) is 2. The maximum Gasteiger partial charge on any atom is 0.142 e. The number of hydrogen-bond acceptors (Lipinski definition) is 4. The fraction of sp³-hybridized carbons (Fsp3) is 0.455. The van der Waals surface area contributed by atoms with Crippen LogP contribution in [-0.2, 0) is 0 Å². The molecule has 2 aromatic heterocycles. The first kappa shape index (κ1) is 10.9. The highest BCUT2D eigenvalue weighted by atomic mass is 15.0. The molecule has 2 heterocycles. The molecule has 5 heteroatoms. The Labute approximate surface area is 94.7 Å². The highest BCUT2D eigenvalue weighted by molar-refractivity contribution is 5.86. The molecule has 0 saturated carbocycles. The van der Waals surface area contributed by atoms with Crippen molar-refractivity contribution in [2.24, 2.45) is 0 Å². The van der Waals surface area contributed by atoms with Crippen LogP contribution in [0.3, 0.4) is 0 Å². The second-order valence-electron chi connectivity index (χ2n) is 4.00. The Bertz CT molecular complexity index is 448. The summed E-state index contributed by atoms with van der Waals surface area (Å²) in [7, 11) is 0. The third-order valence-electron chi connectivity index (χ3n) is 2.32. The minimum Gasteiger partial charge on any atom is -0.368 e. The van der Waals surface area contributed by atoms with Crippen LogP contribution in [0.1, 0.15) is 13.8 Å². The van der Waals surface area contributed by atoms with Crippen molar-refractivity contribution in [1.82, 2.24) is 20.3 Å². The summed E-state index contributed by atoms with van der Waals surface area (Å²) in [6.07, 6.45) is 3.44. The van der Waals surface area contributed by atoms with E-state index in [1.165, 1.54) is 0 Å². The molecular weight excluding hydrogens is 202 g/mol. The molecule has 2 aromatic rings. The van der Waals surface area contributed by atoms with Gasteiger partial charge in [-0.1, -0.05) is 13.8 Å². The van der Waals surface area contributed by atoms with Crippen LogP contribution in [0, 0.1) is 0 Å². The van der Waals surface area contributed by atoms with Crippen molar-refractivity contribution >= 4 is 16.9 Å². The topological polar surface area (TPSA) is 65.6 Å². The van der Waals surface area contributed by atoms with Crippen molar-refractivity contribution in [3.63, 3.8) is 0 Å². The van der Waals surface area contributed by atoms with E-state index in [-0.39, 0.29) is 0 Å². The van der Waals surface area contributed by atoms with E-state index >= 15 is 0 Å². The number of aromatic amines is 1. The zero-order chi connectivity index (χ0) is 11.4. The average Bonchev–Trinajstić information content (AvgIpc) is 2.72. The van der Waals surface area contributed by atoms with E-state index in [9.17, 15) is 0 Å². The lowest BCUT2D eigenvalue weighted by molar-refractivity contribution is 0.602. The first-order chi connectivity index (χ1) is 7.77. The molecule has 2 rings (SSSR count). The summed E-state index contributed by atoms with van der Waals surface area (Å²) in [5.41, 5.74) is 0.870. The number of hydrogen-bond donors (Lipinski definition) is 3. The second kappa shape index (κ2) is 4.94. The molecule has 16 heavy (non-hydrogen) atoms. The Morgan fingerprint density at radius 2 is 2.19 bits per heavy atom. The molecule has 0 aromatic carbocycles. The van der Waals surface area contributed by atoms with Crippen LogP contribution in [0.4, 0.5) is 5.82 Å². The smallest absolute Gasteiger partial charge is 0.142 e. The predicted octanol–water partition coefficient (Wildman–Crippen LogP) is 1.37. The summed E-state index contributed by atoms with van der Waals surface area (Å²) in [6.45, 7) is 6.05. The van der Waals surface area contributed by atoms with Gasteiger partial charge in [0, 0.05) is 25.3 Å².